The lowest BCUT2D eigenvalue weighted by Crippen LogP contribution is -2.06. The molecule has 98 valence electrons. The highest BCUT2D eigenvalue weighted by Crippen LogP contribution is 2.37. The number of pyridine rings is 1. The molecule has 1 N–H and O–H groups in total. The number of halogens is 3. The molecule has 1 aromatic carbocycles. The molecule has 5 heteroatoms. The Labute approximate surface area is 129 Å². The van der Waals surface area contributed by atoms with Crippen molar-refractivity contribution in [2.45, 2.75) is 18.9 Å². The maximum atomic E-state index is 10.6. The third-order valence-corrected chi connectivity index (χ3v) is 4.31. The van der Waals surface area contributed by atoms with Gasteiger partial charge in [-0.15, -0.1) is 0 Å². The molecule has 0 amide bonds. The van der Waals surface area contributed by atoms with Crippen LogP contribution in [0.3, 0.4) is 0 Å². The molecule has 3 rings (SSSR count). The number of aliphatic hydroxyl groups is 1. The number of benzene rings is 1. The quantitative estimate of drug-likeness (QED) is 0.760. The van der Waals surface area contributed by atoms with Gasteiger partial charge in [-0.25, -0.2) is 0 Å². The predicted octanol–water partition coefficient (Wildman–Crippen LogP) is 4.33. The highest BCUT2D eigenvalue weighted by atomic mass is 79.9. The molecule has 0 aliphatic heterocycles. The second kappa shape index (κ2) is 5.06. The van der Waals surface area contributed by atoms with Crippen LogP contribution in [0.25, 0.3) is 0 Å². The summed E-state index contributed by atoms with van der Waals surface area (Å²) in [7, 11) is 0. The van der Waals surface area contributed by atoms with Gasteiger partial charge in [-0.1, -0.05) is 23.2 Å². The van der Waals surface area contributed by atoms with Crippen LogP contribution in [0, 0.1) is 0 Å². The number of rotatable bonds is 0. The second-order valence-electron chi connectivity index (χ2n) is 4.56. The molecule has 1 aliphatic carbocycles. The minimum atomic E-state index is -0.801. The summed E-state index contributed by atoms with van der Waals surface area (Å²) in [5.74, 6) is 0. The van der Waals surface area contributed by atoms with E-state index < -0.39 is 6.10 Å². The van der Waals surface area contributed by atoms with Gasteiger partial charge in [0.25, 0.3) is 0 Å². The Morgan fingerprint density at radius 1 is 1.16 bits per heavy atom. The summed E-state index contributed by atoms with van der Waals surface area (Å²) >= 11 is 15.7. The molecule has 1 heterocycles. The van der Waals surface area contributed by atoms with Gasteiger partial charge in [0.15, 0.2) is 0 Å². The van der Waals surface area contributed by atoms with E-state index in [1.165, 1.54) is 0 Å². The summed E-state index contributed by atoms with van der Waals surface area (Å²) in [6.45, 7) is 0. The molecule has 0 fully saturated rings. The molecule has 1 unspecified atom stereocenters. The molecule has 0 bridgehead atoms. The summed E-state index contributed by atoms with van der Waals surface area (Å²) in [5, 5.41) is 11.6. The molecule has 0 saturated heterocycles. The van der Waals surface area contributed by atoms with Crippen molar-refractivity contribution < 1.29 is 5.11 Å². The molecule has 1 aromatic heterocycles. The number of hydrogen-bond acceptors (Lipinski definition) is 2. The van der Waals surface area contributed by atoms with Crippen molar-refractivity contribution >= 4 is 39.1 Å². The van der Waals surface area contributed by atoms with E-state index in [-0.39, 0.29) is 0 Å². The Bertz CT molecular complexity index is 660. The van der Waals surface area contributed by atoms with Gasteiger partial charge in [-0.05, 0) is 58.1 Å². The van der Waals surface area contributed by atoms with E-state index in [2.05, 4.69) is 20.9 Å². The first-order valence-corrected chi connectivity index (χ1v) is 7.41. The zero-order chi connectivity index (χ0) is 13.6. The third kappa shape index (κ3) is 2.40. The SMILES string of the molecule is OC1c2ncc(Br)cc2CCc2cc(Cl)cc(Cl)c21. The lowest BCUT2D eigenvalue weighted by molar-refractivity contribution is 0.214. The first kappa shape index (κ1) is 13.4. The zero-order valence-corrected chi connectivity index (χ0v) is 12.9. The van der Waals surface area contributed by atoms with Gasteiger partial charge in [0, 0.05) is 26.3 Å². The van der Waals surface area contributed by atoms with E-state index in [9.17, 15) is 5.11 Å². The average Bonchev–Trinajstić information content (AvgIpc) is 2.47. The van der Waals surface area contributed by atoms with E-state index >= 15 is 0 Å². The molecule has 2 nitrogen and oxygen atoms in total. The van der Waals surface area contributed by atoms with Crippen molar-refractivity contribution in [3.05, 3.63) is 61.3 Å². The summed E-state index contributed by atoms with van der Waals surface area (Å²) < 4.78 is 0.911. The molecule has 0 saturated carbocycles. The van der Waals surface area contributed by atoms with Crippen LogP contribution in [0.15, 0.2) is 28.9 Å². The summed E-state index contributed by atoms with van der Waals surface area (Å²) in [4.78, 5) is 4.33. The number of aromatic nitrogens is 1. The maximum absolute atomic E-state index is 10.6. The van der Waals surface area contributed by atoms with Crippen LogP contribution < -0.4 is 0 Å². The number of hydrogen-bond donors (Lipinski definition) is 1. The fraction of sp³-hybridized carbons (Fsp3) is 0.214. The molecule has 2 aromatic rings. The van der Waals surface area contributed by atoms with Crippen LogP contribution in [0.1, 0.15) is 28.5 Å². The fourth-order valence-corrected chi connectivity index (χ4v) is 3.51. The highest BCUT2D eigenvalue weighted by Gasteiger charge is 2.25. The average molecular weight is 359 g/mol. The van der Waals surface area contributed by atoms with E-state index in [1.54, 1.807) is 12.3 Å². The Kier molecular flexibility index (Phi) is 3.56. The second-order valence-corrected chi connectivity index (χ2v) is 6.32. The number of aliphatic hydroxyl groups excluding tert-OH is 1. The van der Waals surface area contributed by atoms with Crippen molar-refractivity contribution in [1.82, 2.24) is 4.98 Å². The molecule has 19 heavy (non-hydrogen) atoms. The number of fused-ring (bicyclic) bond motifs is 2. The summed E-state index contributed by atoms with van der Waals surface area (Å²) in [6.07, 6.45) is 2.49. The van der Waals surface area contributed by atoms with E-state index in [4.69, 9.17) is 23.2 Å². The Hall–Kier alpha value is -0.610. The van der Waals surface area contributed by atoms with Crippen LogP contribution in [0.4, 0.5) is 0 Å². The van der Waals surface area contributed by atoms with E-state index in [0.717, 1.165) is 34.0 Å². The monoisotopic (exact) mass is 357 g/mol. The Morgan fingerprint density at radius 2 is 1.89 bits per heavy atom. The normalized spacial score (nSPS) is 17.6. The molecule has 1 atom stereocenters. The largest absolute Gasteiger partial charge is 0.382 e. The summed E-state index contributed by atoms with van der Waals surface area (Å²) in [5.41, 5.74) is 3.41. The maximum Gasteiger partial charge on any atom is 0.123 e. The highest BCUT2D eigenvalue weighted by molar-refractivity contribution is 9.10. The van der Waals surface area contributed by atoms with E-state index in [1.807, 2.05) is 12.1 Å². The molecular weight excluding hydrogens is 349 g/mol. The van der Waals surface area contributed by atoms with Gasteiger partial charge >= 0.3 is 0 Å². The van der Waals surface area contributed by atoms with Gasteiger partial charge in [0.1, 0.15) is 6.10 Å². The van der Waals surface area contributed by atoms with Crippen molar-refractivity contribution in [1.29, 1.82) is 0 Å². The van der Waals surface area contributed by atoms with Gasteiger partial charge in [0.2, 0.25) is 0 Å². The fourth-order valence-electron chi connectivity index (χ4n) is 2.50. The van der Waals surface area contributed by atoms with E-state index in [0.29, 0.717) is 15.7 Å². The van der Waals surface area contributed by atoms with Gasteiger partial charge in [-0.2, -0.15) is 0 Å². The van der Waals surface area contributed by atoms with Crippen molar-refractivity contribution in [3.8, 4) is 0 Å². The van der Waals surface area contributed by atoms with Crippen LogP contribution >= 0.6 is 39.1 Å². The van der Waals surface area contributed by atoms with Crippen LogP contribution in [0.5, 0.6) is 0 Å². The lowest BCUT2D eigenvalue weighted by Gasteiger charge is -2.15. The van der Waals surface area contributed by atoms with Gasteiger partial charge in [0.05, 0.1) is 5.69 Å². The number of nitrogens with zero attached hydrogens (tertiary/aromatic N) is 1. The molecule has 1 aliphatic rings. The van der Waals surface area contributed by atoms with Gasteiger partial charge < -0.3 is 5.11 Å². The molecule has 0 radical (unpaired) electrons. The van der Waals surface area contributed by atoms with Crippen LogP contribution in [-0.2, 0) is 12.8 Å². The van der Waals surface area contributed by atoms with Gasteiger partial charge in [-0.3, -0.25) is 4.98 Å². The standard InChI is InChI=1S/C14H10BrCl2NO/c15-9-3-8-2-1-7-4-10(16)5-11(17)12(7)14(19)13(8)18-6-9/h3-6,14,19H,1-2H2. The Balaban J connectivity index is 2.20. The first-order valence-electron chi connectivity index (χ1n) is 5.86. The minimum absolute atomic E-state index is 0.493. The smallest absolute Gasteiger partial charge is 0.123 e. The zero-order valence-electron chi connectivity index (χ0n) is 9.83. The van der Waals surface area contributed by atoms with Crippen molar-refractivity contribution in [3.63, 3.8) is 0 Å². The minimum Gasteiger partial charge on any atom is -0.382 e. The summed E-state index contributed by atoms with van der Waals surface area (Å²) in [6, 6.07) is 5.52. The number of aryl methyl sites for hydroxylation is 2. The predicted molar refractivity (Wildman–Crippen MR) is 79.9 cm³/mol. The van der Waals surface area contributed by atoms with Crippen LogP contribution in [-0.4, -0.2) is 10.1 Å². The first-order chi connectivity index (χ1) is 9.06. The molecular formula is C14H10BrCl2NO. The Morgan fingerprint density at radius 3 is 2.68 bits per heavy atom. The third-order valence-electron chi connectivity index (χ3n) is 3.34. The van der Waals surface area contributed by atoms with Crippen molar-refractivity contribution in [2.75, 3.05) is 0 Å². The van der Waals surface area contributed by atoms with Crippen LogP contribution in [0.2, 0.25) is 10.0 Å². The van der Waals surface area contributed by atoms with Crippen molar-refractivity contribution in [2.24, 2.45) is 0 Å². The lowest BCUT2D eigenvalue weighted by atomic mass is 10.0. The molecule has 0 spiro atoms. The topological polar surface area (TPSA) is 33.1 Å².